The highest BCUT2D eigenvalue weighted by molar-refractivity contribution is 4.57. The Morgan fingerprint density at radius 3 is 2.57 bits per heavy atom. The molecule has 0 bridgehead atoms. The summed E-state index contributed by atoms with van der Waals surface area (Å²) in [7, 11) is 1.74. The quantitative estimate of drug-likeness (QED) is 0.554. The first-order valence-corrected chi connectivity index (χ1v) is 5.51. The Morgan fingerprint density at radius 1 is 1.29 bits per heavy atom. The molecule has 0 saturated carbocycles. The molecule has 0 aromatic heterocycles. The molecule has 0 aliphatic rings. The smallest absolute Gasteiger partial charge is 0.0499 e. The van der Waals surface area contributed by atoms with Crippen molar-refractivity contribution in [2.24, 2.45) is 11.8 Å². The largest absolute Gasteiger partial charge is 0.396 e. The van der Waals surface area contributed by atoms with Gasteiger partial charge in [-0.15, -0.1) is 0 Å². The Morgan fingerprint density at radius 2 is 2.00 bits per heavy atom. The topological polar surface area (TPSA) is 41.5 Å². The van der Waals surface area contributed by atoms with E-state index in [-0.39, 0.29) is 0 Å². The van der Waals surface area contributed by atoms with E-state index in [4.69, 9.17) is 9.84 Å². The normalized spacial score (nSPS) is 15.4. The summed E-state index contributed by atoms with van der Waals surface area (Å²) >= 11 is 0. The lowest BCUT2D eigenvalue weighted by Gasteiger charge is -2.12. The van der Waals surface area contributed by atoms with Gasteiger partial charge in [-0.25, -0.2) is 0 Å². The second-order valence-corrected chi connectivity index (χ2v) is 4.19. The molecule has 0 aromatic rings. The third-order valence-corrected chi connectivity index (χ3v) is 2.31. The van der Waals surface area contributed by atoms with E-state index < -0.39 is 0 Å². The van der Waals surface area contributed by atoms with Crippen molar-refractivity contribution in [3.8, 4) is 0 Å². The number of ether oxygens (including phenoxy) is 1. The van der Waals surface area contributed by atoms with Crippen molar-refractivity contribution >= 4 is 0 Å². The number of hydrogen-bond acceptors (Lipinski definition) is 3. The van der Waals surface area contributed by atoms with Crippen LogP contribution in [-0.4, -0.2) is 38.5 Å². The second-order valence-electron chi connectivity index (χ2n) is 4.19. The van der Waals surface area contributed by atoms with Crippen LogP contribution in [-0.2, 0) is 4.74 Å². The predicted molar refractivity (Wildman–Crippen MR) is 59.4 cm³/mol. The minimum Gasteiger partial charge on any atom is -0.396 e. The molecule has 2 N–H and O–H groups in total. The summed E-state index contributed by atoms with van der Waals surface area (Å²) < 4.78 is 5.04. The van der Waals surface area contributed by atoms with Crippen molar-refractivity contribution in [2.45, 2.75) is 26.7 Å². The molecule has 2 atom stereocenters. The van der Waals surface area contributed by atoms with Crippen LogP contribution in [0.25, 0.3) is 0 Å². The van der Waals surface area contributed by atoms with Crippen LogP contribution in [0.1, 0.15) is 26.7 Å². The minimum absolute atomic E-state index is 0.306. The van der Waals surface area contributed by atoms with Crippen molar-refractivity contribution in [3.63, 3.8) is 0 Å². The molecule has 0 saturated heterocycles. The van der Waals surface area contributed by atoms with Gasteiger partial charge in [0.2, 0.25) is 0 Å². The molecule has 3 nitrogen and oxygen atoms in total. The maximum atomic E-state index is 8.81. The number of rotatable bonds is 9. The SMILES string of the molecule is COCC(C)CNCCCC(C)CO. The zero-order chi connectivity index (χ0) is 10.8. The van der Waals surface area contributed by atoms with Crippen LogP contribution in [0.2, 0.25) is 0 Å². The lowest BCUT2D eigenvalue weighted by atomic mass is 10.1. The van der Waals surface area contributed by atoms with Gasteiger partial charge in [-0.3, -0.25) is 0 Å². The summed E-state index contributed by atoms with van der Waals surface area (Å²) in [5.41, 5.74) is 0. The van der Waals surface area contributed by atoms with Crippen molar-refractivity contribution in [2.75, 3.05) is 33.4 Å². The third-order valence-electron chi connectivity index (χ3n) is 2.31. The summed E-state index contributed by atoms with van der Waals surface area (Å²) in [6.07, 6.45) is 2.24. The maximum absolute atomic E-state index is 8.81. The van der Waals surface area contributed by atoms with E-state index in [1.807, 2.05) is 0 Å². The van der Waals surface area contributed by atoms with Crippen molar-refractivity contribution in [1.29, 1.82) is 0 Å². The van der Waals surface area contributed by atoms with Gasteiger partial charge in [-0.1, -0.05) is 13.8 Å². The molecule has 0 aromatic carbocycles. The standard InChI is InChI=1S/C11H25NO2/c1-10(8-13)5-4-6-12-7-11(2)9-14-3/h10-13H,4-9H2,1-3H3. The summed E-state index contributed by atoms with van der Waals surface area (Å²) in [6.45, 7) is 7.43. The molecule has 0 aliphatic heterocycles. The molecule has 0 amide bonds. The highest BCUT2D eigenvalue weighted by Crippen LogP contribution is 2.02. The number of aliphatic hydroxyl groups excluding tert-OH is 1. The van der Waals surface area contributed by atoms with Gasteiger partial charge in [0.05, 0.1) is 0 Å². The zero-order valence-corrected chi connectivity index (χ0v) is 9.75. The molecule has 3 heteroatoms. The fourth-order valence-electron chi connectivity index (χ4n) is 1.36. The average Bonchev–Trinajstić information content (AvgIpc) is 2.17. The predicted octanol–water partition coefficient (Wildman–Crippen LogP) is 1.27. The summed E-state index contributed by atoms with van der Waals surface area (Å²) in [5.74, 6) is 1.02. The van der Waals surface area contributed by atoms with Gasteiger partial charge in [0.25, 0.3) is 0 Å². The van der Waals surface area contributed by atoms with Crippen LogP contribution in [0, 0.1) is 11.8 Å². The number of nitrogens with one attached hydrogen (secondary N) is 1. The number of hydrogen-bond donors (Lipinski definition) is 2. The maximum Gasteiger partial charge on any atom is 0.0499 e. The Kier molecular flexibility index (Phi) is 9.35. The Balaban J connectivity index is 3.13. The van der Waals surface area contributed by atoms with E-state index in [1.54, 1.807) is 7.11 Å². The van der Waals surface area contributed by atoms with Gasteiger partial charge in [-0.05, 0) is 37.8 Å². The van der Waals surface area contributed by atoms with Crippen molar-refractivity contribution in [3.05, 3.63) is 0 Å². The van der Waals surface area contributed by atoms with Crippen LogP contribution in [0.3, 0.4) is 0 Å². The molecule has 0 rings (SSSR count). The number of methoxy groups -OCH3 is 1. The monoisotopic (exact) mass is 203 g/mol. The van der Waals surface area contributed by atoms with E-state index in [0.717, 1.165) is 32.5 Å². The summed E-state index contributed by atoms with van der Waals surface area (Å²) in [5, 5.41) is 12.2. The highest BCUT2D eigenvalue weighted by Gasteiger charge is 2.01. The summed E-state index contributed by atoms with van der Waals surface area (Å²) in [6, 6.07) is 0. The van der Waals surface area contributed by atoms with Crippen LogP contribution in [0.4, 0.5) is 0 Å². The first-order valence-electron chi connectivity index (χ1n) is 5.51. The lowest BCUT2D eigenvalue weighted by molar-refractivity contribution is 0.158. The van der Waals surface area contributed by atoms with Crippen LogP contribution in [0.5, 0.6) is 0 Å². The van der Waals surface area contributed by atoms with Gasteiger partial charge < -0.3 is 15.2 Å². The van der Waals surface area contributed by atoms with Crippen LogP contribution < -0.4 is 5.32 Å². The van der Waals surface area contributed by atoms with Gasteiger partial charge in [0.1, 0.15) is 0 Å². The first kappa shape index (κ1) is 13.9. The molecule has 0 aliphatic carbocycles. The van der Waals surface area contributed by atoms with Crippen molar-refractivity contribution in [1.82, 2.24) is 5.32 Å². The molecule has 0 spiro atoms. The van der Waals surface area contributed by atoms with E-state index in [9.17, 15) is 0 Å². The van der Waals surface area contributed by atoms with Gasteiger partial charge in [0.15, 0.2) is 0 Å². The average molecular weight is 203 g/mol. The molecule has 0 heterocycles. The molecular weight excluding hydrogens is 178 g/mol. The second kappa shape index (κ2) is 9.44. The third kappa shape index (κ3) is 8.48. The van der Waals surface area contributed by atoms with Gasteiger partial charge in [-0.2, -0.15) is 0 Å². The van der Waals surface area contributed by atoms with Crippen LogP contribution >= 0.6 is 0 Å². The highest BCUT2D eigenvalue weighted by atomic mass is 16.5. The summed E-state index contributed by atoms with van der Waals surface area (Å²) in [4.78, 5) is 0. The lowest BCUT2D eigenvalue weighted by Crippen LogP contribution is -2.25. The van der Waals surface area contributed by atoms with E-state index in [0.29, 0.717) is 18.4 Å². The van der Waals surface area contributed by atoms with Gasteiger partial charge in [0, 0.05) is 20.3 Å². The van der Waals surface area contributed by atoms with E-state index >= 15 is 0 Å². The number of aliphatic hydroxyl groups is 1. The molecular formula is C11H25NO2. The van der Waals surface area contributed by atoms with Crippen LogP contribution in [0.15, 0.2) is 0 Å². The fourth-order valence-corrected chi connectivity index (χ4v) is 1.36. The molecule has 0 radical (unpaired) electrons. The van der Waals surface area contributed by atoms with E-state index in [1.165, 1.54) is 0 Å². The fraction of sp³-hybridized carbons (Fsp3) is 1.00. The Labute approximate surface area is 87.8 Å². The molecule has 0 fully saturated rings. The van der Waals surface area contributed by atoms with Crippen molar-refractivity contribution < 1.29 is 9.84 Å². The Bertz CT molecular complexity index is 120. The molecule has 86 valence electrons. The zero-order valence-electron chi connectivity index (χ0n) is 9.75. The van der Waals surface area contributed by atoms with Gasteiger partial charge >= 0.3 is 0 Å². The molecule has 14 heavy (non-hydrogen) atoms. The Hall–Kier alpha value is -0.120. The molecule has 2 unspecified atom stereocenters. The first-order chi connectivity index (χ1) is 6.70. The minimum atomic E-state index is 0.306. The van der Waals surface area contributed by atoms with E-state index in [2.05, 4.69) is 19.2 Å².